The topological polar surface area (TPSA) is 101 Å². The van der Waals surface area contributed by atoms with Crippen molar-refractivity contribution >= 4 is 51.1 Å². The number of aliphatic hydroxyl groups excluding tert-OH is 1. The quantitative estimate of drug-likeness (QED) is 0.375. The number of halogens is 1. The Balaban J connectivity index is 1.32. The summed E-state index contributed by atoms with van der Waals surface area (Å²) < 4.78 is 0. The number of benzene rings is 1. The first kappa shape index (κ1) is 26.7. The van der Waals surface area contributed by atoms with Crippen molar-refractivity contribution in [3.05, 3.63) is 58.6 Å². The fourth-order valence-corrected chi connectivity index (χ4v) is 6.24. The molecule has 1 fully saturated rings. The molecule has 4 unspecified atom stereocenters. The van der Waals surface area contributed by atoms with E-state index in [-0.39, 0.29) is 24.3 Å². The molecule has 3 heterocycles. The third-order valence-corrected chi connectivity index (χ3v) is 8.47. The lowest BCUT2D eigenvalue weighted by atomic mass is 9.80. The minimum atomic E-state index is -0.776. The summed E-state index contributed by atoms with van der Waals surface area (Å²) in [6, 6.07) is 5.93. The molecule has 0 amide bonds. The normalized spacial score (nSPS) is 24.1. The Morgan fingerprint density at radius 1 is 1.29 bits per heavy atom. The number of unbranched alkanes of at least 4 members (excludes halogenated alkanes) is 1. The molecule has 1 aliphatic carbocycles. The van der Waals surface area contributed by atoms with Crippen molar-refractivity contribution in [2.75, 3.05) is 36.4 Å². The van der Waals surface area contributed by atoms with E-state index in [1.165, 1.54) is 11.3 Å². The molecule has 0 saturated carbocycles. The molecule has 5 rings (SSSR count). The maximum atomic E-state index is 11.2. The van der Waals surface area contributed by atoms with Crippen molar-refractivity contribution < 1.29 is 15.0 Å². The lowest BCUT2D eigenvalue weighted by Gasteiger charge is -2.38. The van der Waals surface area contributed by atoms with Crippen molar-refractivity contribution in [2.45, 2.75) is 44.9 Å². The first-order chi connectivity index (χ1) is 18.4. The first-order valence-electron chi connectivity index (χ1n) is 13.1. The first-order valence-corrected chi connectivity index (χ1v) is 14.3. The number of aliphatic hydroxyl groups is 1. The van der Waals surface area contributed by atoms with E-state index in [2.05, 4.69) is 50.8 Å². The number of allylic oxidation sites excluding steroid dienone is 3. The molecule has 3 N–H and O–H groups in total. The number of piperazine rings is 1. The van der Waals surface area contributed by atoms with Crippen LogP contribution in [-0.4, -0.2) is 64.0 Å². The van der Waals surface area contributed by atoms with E-state index in [1.54, 1.807) is 0 Å². The summed E-state index contributed by atoms with van der Waals surface area (Å²) in [5.74, 6) is -0.365. The Morgan fingerprint density at radius 3 is 2.82 bits per heavy atom. The van der Waals surface area contributed by atoms with Gasteiger partial charge < -0.3 is 20.4 Å². The Morgan fingerprint density at radius 2 is 2.11 bits per heavy atom. The SMILES string of the molecule is CC1C=C(Cl)C=CC1C1Nc2ccc(C(O)N3CCN(c4nc#cs4)CC3)cc2N=C1CCCCC(=O)O. The average Bonchev–Trinajstić information content (AvgIpc) is 3.45. The van der Waals surface area contributed by atoms with Gasteiger partial charge in [-0.05, 0) is 60.3 Å². The van der Waals surface area contributed by atoms with Crippen molar-refractivity contribution in [1.29, 1.82) is 0 Å². The van der Waals surface area contributed by atoms with Gasteiger partial charge in [0.05, 0.1) is 23.6 Å². The lowest BCUT2D eigenvalue weighted by Crippen LogP contribution is -2.47. The van der Waals surface area contributed by atoms with Gasteiger partial charge in [0.25, 0.3) is 0 Å². The van der Waals surface area contributed by atoms with Crippen LogP contribution in [0.25, 0.3) is 0 Å². The van der Waals surface area contributed by atoms with Gasteiger partial charge in [-0.1, -0.05) is 36.7 Å². The van der Waals surface area contributed by atoms with Crippen LogP contribution in [0.15, 0.2) is 46.5 Å². The molecule has 4 atom stereocenters. The number of carbonyl (C=O) groups is 1. The minimum absolute atomic E-state index is 0.0104. The molecule has 0 radical (unpaired) electrons. The number of anilines is 2. The molecule has 1 aromatic heterocycles. The molecule has 1 saturated heterocycles. The van der Waals surface area contributed by atoms with Crippen LogP contribution in [0.3, 0.4) is 0 Å². The van der Waals surface area contributed by atoms with Crippen LogP contribution in [0.1, 0.15) is 44.4 Å². The predicted octanol–water partition coefficient (Wildman–Crippen LogP) is 5.01. The van der Waals surface area contributed by atoms with E-state index in [9.17, 15) is 9.90 Å². The molecule has 38 heavy (non-hydrogen) atoms. The molecule has 2 aliphatic heterocycles. The summed E-state index contributed by atoms with van der Waals surface area (Å²) in [6.07, 6.45) is 10.4. The van der Waals surface area contributed by atoms with Gasteiger partial charge in [0.2, 0.25) is 5.13 Å². The summed E-state index contributed by atoms with van der Waals surface area (Å²) >= 11 is 7.70. The highest BCUT2D eigenvalue weighted by Gasteiger charge is 2.33. The van der Waals surface area contributed by atoms with Gasteiger partial charge in [-0.2, -0.15) is 4.98 Å². The summed E-state index contributed by atoms with van der Waals surface area (Å²) in [4.78, 5) is 24.6. The van der Waals surface area contributed by atoms with Crippen LogP contribution < -0.4 is 10.2 Å². The van der Waals surface area contributed by atoms with Crippen LogP contribution in [0, 0.1) is 23.4 Å². The van der Waals surface area contributed by atoms with E-state index in [4.69, 9.17) is 21.7 Å². The van der Waals surface area contributed by atoms with Gasteiger partial charge in [0.1, 0.15) is 6.23 Å². The molecule has 2 aromatic rings. The summed E-state index contributed by atoms with van der Waals surface area (Å²) in [7, 11) is 0. The van der Waals surface area contributed by atoms with Gasteiger partial charge in [0.15, 0.2) is 0 Å². The van der Waals surface area contributed by atoms with Crippen molar-refractivity contribution in [3.63, 3.8) is 0 Å². The Hall–Kier alpha value is -2.90. The zero-order chi connectivity index (χ0) is 26.6. The maximum absolute atomic E-state index is 11.2. The maximum Gasteiger partial charge on any atom is 0.303 e. The number of aliphatic imine (C=N–C) groups is 1. The Labute approximate surface area is 232 Å². The second-order valence-electron chi connectivity index (χ2n) is 10.1. The molecule has 8 nitrogen and oxygen atoms in total. The average molecular weight is 554 g/mol. The van der Waals surface area contributed by atoms with E-state index >= 15 is 0 Å². The second kappa shape index (κ2) is 11.9. The van der Waals surface area contributed by atoms with Gasteiger partial charge in [-0.3, -0.25) is 14.7 Å². The van der Waals surface area contributed by atoms with Gasteiger partial charge in [-0.25, -0.2) is 0 Å². The third-order valence-electron chi connectivity index (χ3n) is 7.49. The van der Waals surface area contributed by atoms with Gasteiger partial charge in [-0.15, -0.1) is 0 Å². The summed E-state index contributed by atoms with van der Waals surface area (Å²) in [6.45, 7) is 5.16. The van der Waals surface area contributed by atoms with Crippen molar-refractivity contribution in [3.8, 4) is 0 Å². The molecule has 10 heteroatoms. The van der Waals surface area contributed by atoms with E-state index in [0.29, 0.717) is 12.8 Å². The third kappa shape index (κ3) is 6.05. The molecule has 0 spiro atoms. The number of hydrogen-bond donors (Lipinski definition) is 3. The van der Waals surface area contributed by atoms with E-state index in [1.807, 2.05) is 24.3 Å². The van der Waals surface area contributed by atoms with E-state index < -0.39 is 12.2 Å². The number of aliphatic carboxylic acids is 1. The zero-order valence-corrected chi connectivity index (χ0v) is 22.9. The molecule has 0 bridgehead atoms. The second-order valence-corrected chi connectivity index (χ2v) is 11.3. The summed E-state index contributed by atoms with van der Waals surface area (Å²) in [5, 5.41) is 28.5. The highest BCUT2D eigenvalue weighted by Crippen LogP contribution is 2.39. The summed E-state index contributed by atoms with van der Waals surface area (Å²) in [5.41, 5.74) is 3.55. The number of fused-ring (bicyclic) bond motifs is 1. The number of nitrogens with one attached hydrogen (secondary N) is 1. The van der Waals surface area contributed by atoms with Crippen LogP contribution in [0.2, 0.25) is 0 Å². The molecule has 3 aliphatic rings. The largest absolute Gasteiger partial charge is 0.481 e. The van der Waals surface area contributed by atoms with Gasteiger partial charge >= 0.3 is 5.97 Å². The smallest absolute Gasteiger partial charge is 0.303 e. The monoisotopic (exact) mass is 553 g/mol. The zero-order valence-electron chi connectivity index (χ0n) is 21.3. The number of rotatable bonds is 9. The standard InChI is InChI=1S/C28H32ClN5O3S/c1-18-16-20(29)7-8-21(18)26-23(4-2-3-5-25(35)36)31-24-17-19(6-9-22(24)32-26)27(37)33-11-13-34(14-12-33)28-30-10-15-38-28/h6-9,16-18,21,26-27,32,37H,2-5,11-14H2,1H3,(H,35,36). The fraction of sp³-hybridized carbons (Fsp3) is 0.464. The number of carboxylic acid groups (broad SMARTS) is 1. The van der Waals surface area contributed by atoms with Gasteiger partial charge in [0, 0.05) is 54.6 Å². The number of hydrogen-bond acceptors (Lipinski definition) is 8. The molecule has 1 aromatic carbocycles. The highest BCUT2D eigenvalue weighted by molar-refractivity contribution is 7.12. The van der Waals surface area contributed by atoms with Crippen molar-refractivity contribution in [1.82, 2.24) is 9.88 Å². The lowest BCUT2D eigenvalue weighted by molar-refractivity contribution is -0.137. The minimum Gasteiger partial charge on any atom is -0.481 e. The molecule has 200 valence electrons. The van der Waals surface area contributed by atoms with Crippen LogP contribution in [0.5, 0.6) is 0 Å². The fourth-order valence-electron chi connectivity index (χ4n) is 5.39. The van der Waals surface area contributed by atoms with Crippen LogP contribution in [-0.2, 0) is 4.79 Å². The number of carboxylic acids is 1. The van der Waals surface area contributed by atoms with Crippen LogP contribution >= 0.6 is 22.9 Å². The number of aromatic nitrogens is 1. The predicted molar refractivity (Wildman–Crippen MR) is 151 cm³/mol. The molecular weight excluding hydrogens is 522 g/mol. The highest BCUT2D eigenvalue weighted by atomic mass is 35.5. The Kier molecular flexibility index (Phi) is 8.34. The van der Waals surface area contributed by atoms with Crippen LogP contribution in [0.4, 0.5) is 16.5 Å². The van der Waals surface area contributed by atoms with E-state index in [0.717, 1.165) is 65.4 Å². The van der Waals surface area contributed by atoms with Crippen molar-refractivity contribution in [2.24, 2.45) is 16.8 Å². The Bertz CT molecular complexity index is 1220. The molecular formula is C28H32ClN5O3S. The number of nitrogens with zero attached hydrogens (tertiary/aromatic N) is 4.